The smallest absolute Gasteiger partial charge is 0.238 e. The van der Waals surface area contributed by atoms with E-state index in [9.17, 15) is 4.79 Å². The molecule has 94 valence electrons. The molecule has 4 nitrogen and oxygen atoms in total. The maximum absolute atomic E-state index is 11.5. The van der Waals surface area contributed by atoms with Gasteiger partial charge >= 0.3 is 0 Å². The molecule has 0 aromatic carbocycles. The van der Waals surface area contributed by atoms with E-state index < -0.39 is 0 Å². The van der Waals surface area contributed by atoms with E-state index in [0.29, 0.717) is 6.54 Å². The van der Waals surface area contributed by atoms with Crippen LogP contribution in [0.2, 0.25) is 0 Å². The molecule has 17 heavy (non-hydrogen) atoms. The summed E-state index contributed by atoms with van der Waals surface area (Å²) in [6.07, 6.45) is 4.28. The first-order valence-corrected chi connectivity index (χ1v) is 5.67. The van der Waals surface area contributed by atoms with Gasteiger partial charge in [0, 0.05) is 5.69 Å². The van der Waals surface area contributed by atoms with E-state index in [4.69, 9.17) is 0 Å². The normalized spacial score (nSPS) is 13.9. The predicted molar refractivity (Wildman–Crippen MR) is 70.4 cm³/mol. The van der Waals surface area contributed by atoms with E-state index in [-0.39, 0.29) is 18.3 Å². The number of carbonyl (C=O) groups is 1. The molecule has 1 saturated carbocycles. The minimum absolute atomic E-state index is 0. The Hall–Kier alpha value is -1.13. The number of halogens is 1. The standard InChI is InChI=1S/C12H17N3O.ClH/c1-9-2-5-11(7-14-9)15-12(16)8-13-6-10-3-4-10;/h2,5,7,10,13H,3-4,6,8H2,1H3,(H,15,16);1H. The minimum Gasteiger partial charge on any atom is -0.324 e. The van der Waals surface area contributed by atoms with E-state index in [0.717, 1.165) is 23.8 Å². The highest BCUT2D eigenvalue weighted by Crippen LogP contribution is 2.27. The Bertz CT molecular complexity index is 363. The topological polar surface area (TPSA) is 54.0 Å². The summed E-state index contributed by atoms with van der Waals surface area (Å²) < 4.78 is 0. The first kappa shape index (κ1) is 13.9. The molecule has 0 bridgehead atoms. The number of aromatic nitrogens is 1. The fraction of sp³-hybridized carbons (Fsp3) is 0.500. The zero-order valence-electron chi connectivity index (χ0n) is 9.90. The van der Waals surface area contributed by atoms with Crippen molar-refractivity contribution in [2.75, 3.05) is 18.4 Å². The van der Waals surface area contributed by atoms with Crippen LogP contribution in [-0.2, 0) is 4.79 Å². The van der Waals surface area contributed by atoms with Gasteiger partial charge in [-0.2, -0.15) is 0 Å². The molecule has 0 atom stereocenters. The predicted octanol–water partition coefficient (Wildman–Crippen LogP) is 1.75. The van der Waals surface area contributed by atoms with Gasteiger partial charge in [-0.1, -0.05) is 0 Å². The molecular weight excluding hydrogens is 238 g/mol. The van der Waals surface area contributed by atoms with Gasteiger partial charge in [0.1, 0.15) is 0 Å². The molecule has 1 heterocycles. The second-order valence-corrected chi connectivity index (χ2v) is 4.31. The largest absolute Gasteiger partial charge is 0.324 e. The van der Waals surface area contributed by atoms with Gasteiger partial charge in [-0.15, -0.1) is 12.4 Å². The summed E-state index contributed by atoms with van der Waals surface area (Å²) in [6, 6.07) is 3.74. The van der Waals surface area contributed by atoms with Gasteiger partial charge in [0.25, 0.3) is 0 Å². The SMILES string of the molecule is Cc1ccc(NC(=O)CNCC2CC2)cn1.Cl. The molecule has 1 aromatic heterocycles. The van der Waals surface area contributed by atoms with Crippen LogP contribution in [0, 0.1) is 12.8 Å². The molecule has 1 aromatic rings. The zero-order chi connectivity index (χ0) is 11.4. The lowest BCUT2D eigenvalue weighted by molar-refractivity contribution is -0.115. The van der Waals surface area contributed by atoms with Crippen LogP contribution in [0.5, 0.6) is 0 Å². The van der Waals surface area contributed by atoms with Gasteiger partial charge in [-0.3, -0.25) is 9.78 Å². The molecule has 1 fully saturated rings. The number of amides is 1. The van der Waals surface area contributed by atoms with Crippen LogP contribution in [0.15, 0.2) is 18.3 Å². The van der Waals surface area contributed by atoms with Crippen LogP contribution in [0.1, 0.15) is 18.5 Å². The maximum atomic E-state index is 11.5. The van der Waals surface area contributed by atoms with Crippen LogP contribution < -0.4 is 10.6 Å². The first-order chi connectivity index (χ1) is 7.74. The van der Waals surface area contributed by atoms with Crippen LogP contribution >= 0.6 is 12.4 Å². The molecule has 0 spiro atoms. The molecule has 2 rings (SSSR count). The van der Waals surface area contributed by atoms with E-state index in [1.165, 1.54) is 12.8 Å². The maximum Gasteiger partial charge on any atom is 0.238 e. The van der Waals surface area contributed by atoms with E-state index >= 15 is 0 Å². The second kappa shape index (κ2) is 6.57. The van der Waals surface area contributed by atoms with Crippen molar-refractivity contribution in [3.05, 3.63) is 24.0 Å². The zero-order valence-corrected chi connectivity index (χ0v) is 10.7. The quantitative estimate of drug-likeness (QED) is 0.843. The summed E-state index contributed by atoms with van der Waals surface area (Å²) in [5.41, 5.74) is 1.70. The Kier molecular flexibility index (Phi) is 5.38. The van der Waals surface area contributed by atoms with Crippen molar-refractivity contribution in [1.82, 2.24) is 10.3 Å². The van der Waals surface area contributed by atoms with Crippen LogP contribution in [0.25, 0.3) is 0 Å². The highest BCUT2D eigenvalue weighted by Gasteiger charge is 2.20. The Labute approximate surface area is 108 Å². The minimum atomic E-state index is -0.00805. The Morgan fingerprint density at radius 3 is 2.82 bits per heavy atom. The number of nitrogens with one attached hydrogen (secondary N) is 2. The molecular formula is C12H18ClN3O. The van der Waals surface area contributed by atoms with Crippen LogP contribution in [0.4, 0.5) is 5.69 Å². The van der Waals surface area contributed by atoms with E-state index in [2.05, 4.69) is 15.6 Å². The van der Waals surface area contributed by atoms with Crippen molar-refractivity contribution in [3.63, 3.8) is 0 Å². The molecule has 1 aliphatic rings. The van der Waals surface area contributed by atoms with Gasteiger partial charge in [0.2, 0.25) is 5.91 Å². The number of carbonyl (C=O) groups excluding carboxylic acids is 1. The molecule has 0 aliphatic heterocycles. The van der Waals surface area contributed by atoms with Crippen molar-refractivity contribution < 1.29 is 4.79 Å². The lowest BCUT2D eigenvalue weighted by Gasteiger charge is -2.05. The summed E-state index contributed by atoms with van der Waals surface area (Å²) in [5.74, 6) is 0.792. The van der Waals surface area contributed by atoms with Crippen molar-refractivity contribution in [1.29, 1.82) is 0 Å². The number of rotatable bonds is 5. The number of anilines is 1. The lowest BCUT2D eigenvalue weighted by atomic mass is 10.3. The van der Waals surface area contributed by atoms with Gasteiger partial charge in [0.05, 0.1) is 18.4 Å². The van der Waals surface area contributed by atoms with Gasteiger partial charge in [-0.25, -0.2) is 0 Å². The van der Waals surface area contributed by atoms with E-state index in [1.807, 2.05) is 19.1 Å². The summed E-state index contributed by atoms with van der Waals surface area (Å²) in [6.45, 7) is 3.26. The van der Waals surface area contributed by atoms with Crippen LogP contribution in [0.3, 0.4) is 0 Å². The van der Waals surface area contributed by atoms with Crippen molar-refractivity contribution in [2.45, 2.75) is 19.8 Å². The lowest BCUT2D eigenvalue weighted by Crippen LogP contribution is -2.29. The summed E-state index contributed by atoms with van der Waals surface area (Å²) in [7, 11) is 0. The average Bonchev–Trinajstić information content (AvgIpc) is 3.05. The average molecular weight is 256 g/mol. The van der Waals surface area contributed by atoms with Crippen molar-refractivity contribution in [3.8, 4) is 0 Å². The summed E-state index contributed by atoms with van der Waals surface area (Å²) in [4.78, 5) is 15.6. The first-order valence-electron chi connectivity index (χ1n) is 5.67. The number of aryl methyl sites for hydroxylation is 1. The van der Waals surface area contributed by atoms with Gasteiger partial charge in [0.15, 0.2) is 0 Å². The number of nitrogens with zero attached hydrogens (tertiary/aromatic N) is 1. The third-order valence-corrected chi connectivity index (χ3v) is 2.61. The third-order valence-electron chi connectivity index (χ3n) is 2.61. The Balaban J connectivity index is 0.00000144. The fourth-order valence-electron chi connectivity index (χ4n) is 1.46. The molecule has 1 amide bonds. The molecule has 0 radical (unpaired) electrons. The molecule has 2 N–H and O–H groups in total. The van der Waals surface area contributed by atoms with Crippen molar-refractivity contribution in [2.24, 2.45) is 5.92 Å². The molecule has 5 heteroatoms. The highest BCUT2D eigenvalue weighted by molar-refractivity contribution is 5.92. The van der Waals surface area contributed by atoms with Gasteiger partial charge in [-0.05, 0) is 44.4 Å². The monoisotopic (exact) mass is 255 g/mol. The van der Waals surface area contributed by atoms with Crippen LogP contribution in [-0.4, -0.2) is 24.0 Å². The highest BCUT2D eigenvalue weighted by atomic mass is 35.5. The second-order valence-electron chi connectivity index (χ2n) is 4.31. The summed E-state index contributed by atoms with van der Waals surface area (Å²) >= 11 is 0. The third kappa shape index (κ3) is 5.15. The number of hydrogen-bond donors (Lipinski definition) is 2. The molecule has 0 saturated heterocycles. The number of hydrogen-bond acceptors (Lipinski definition) is 3. The number of pyridine rings is 1. The van der Waals surface area contributed by atoms with Gasteiger partial charge < -0.3 is 10.6 Å². The summed E-state index contributed by atoms with van der Waals surface area (Å²) in [5, 5.41) is 5.95. The fourth-order valence-corrected chi connectivity index (χ4v) is 1.46. The molecule has 0 unspecified atom stereocenters. The Morgan fingerprint density at radius 1 is 1.47 bits per heavy atom. The van der Waals surface area contributed by atoms with Crippen molar-refractivity contribution >= 4 is 24.0 Å². The Morgan fingerprint density at radius 2 is 2.24 bits per heavy atom. The molecule has 1 aliphatic carbocycles. The van der Waals surface area contributed by atoms with E-state index in [1.54, 1.807) is 6.20 Å².